The fourth-order valence-corrected chi connectivity index (χ4v) is 2.36. The Balaban J connectivity index is 1.63. The highest BCUT2D eigenvalue weighted by Gasteiger charge is 2.02. The highest BCUT2D eigenvalue weighted by molar-refractivity contribution is 5.90. The maximum absolute atomic E-state index is 11.9. The first-order valence-corrected chi connectivity index (χ1v) is 7.62. The molecule has 0 aliphatic rings. The maximum Gasteiger partial charge on any atom is 0.339 e. The van der Waals surface area contributed by atoms with Gasteiger partial charge in [0.2, 0.25) is 0 Å². The van der Waals surface area contributed by atoms with Crippen molar-refractivity contribution in [2.45, 2.75) is 6.92 Å². The molecule has 1 heterocycles. The number of anilines is 1. The molecule has 2 N–H and O–H groups in total. The van der Waals surface area contributed by atoms with Gasteiger partial charge in [-0.25, -0.2) is 10.2 Å². The molecular weight excluding hydrogens is 300 g/mol. The summed E-state index contributed by atoms with van der Waals surface area (Å²) in [6.07, 6.45) is 3.56. The molecule has 3 rings (SSSR count). The van der Waals surface area contributed by atoms with Crippen molar-refractivity contribution in [1.82, 2.24) is 9.99 Å². The van der Waals surface area contributed by atoms with E-state index in [9.17, 15) is 4.79 Å². The summed E-state index contributed by atoms with van der Waals surface area (Å²) in [6.45, 7) is 1.97. The molecule has 0 bridgehead atoms. The van der Waals surface area contributed by atoms with Gasteiger partial charge in [-0.3, -0.25) is 0 Å². The van der Waals surface area contributed by atoms with Crippen LogP contribution in [0, 0.1) is 6.92 Å². The lowest BCUT2D eigenvalue weighted by atomic mass is 10.2. The number of para-hydroxylation sites is 1. The monoisotopic (exact) mass is 318 g/mol. The molecule has 3 aromatic rings. The Morgan fingerprint density at radius 3 is 2.67 bits per heavy atom. The topological polar surface area (TPSA) is 58.4 Å². The average molecular weight is 318 g/mol. The van der Waals surface area contributed by atoms with E-state index in [-0.39, 0.29) is 6.03 Å². The number of aromatic nitrogens is 1. The molecule has 0 saturated carbocycles. The number of benzene rings is 2. The van der Waals surface area contributed by atoms with E-state index in [1.807, 2.05) is 84.4 Å². The van der Waals surface area contributed by atoms with Crippen LogP contribution in [-0.4, -0.2) is 16.8 Å². The van der Waals surface area contributed by atoms with Gasteiger partial charge in [-0.1, -0.05) is 30.3 Å². The Morgan fingerprint density at radius 2 is 1.88 bits per heavy atom. The molecule has 0 unspecified atom stereocenters. The number of amides is 2. The molecule has 0 atom stereocenters. The molecule has 0 aliphatic carbocycles. The molecule has 0 aliphatic heterocycles. The summed E-state index contributed by atoms with van der Waals surface area (Å²) in [5.74, 6) is 0. The van der Waals surface area contributed by atoms with Crippen LogP contribution in [0.5, 0.6) is 0 Å². The predicted molar refractivity (Wildman–Crippen MR) is 96.7 cm³/mol. The summed E-state index contributed by atoms with van der Waals surface area (Å²) in [5, 5.41) is 6.75. The first-order valence-electron chi connectivity index (χ1n) is 7.62. The largest absolute Gasteiger partial charge is 0.339 e. The standard InChI is InChI=1S/C19H18N4O/c1-15-7-5-8-16(13-15)21-19(24)22-20-14-18-11-6-12-23(18)17-9-3-2-4-10-17/h2-14H,1H3,(H2,21,22,24)/b20-14+. The van der Waals surface area contributed by atoms with Crippen LogP contribution in [0.15, 0.2) is 78.0 Å². The minimum Gasteiger partial charge on any atom is -0.316 e. The van der Waals surface area contributed by atoms with E-state index in [2.05, 4.69) is 15.8 Å². The fourth-order valence-electron chi connectivity index (χ4n) is 2.36. The smallest absolute Gasteiger partial charge is 0.316 e. The van der Waals surface area contributed by atoms with E-state index >= 15 is 0 Å². The fraction of sp³-hybridized carbons (Fsp3) is 0.0526. The van der Waals surface area contributed by atoms with Crippen LogP contribution >= 0.6 is 0 Å². The molecule has 0 radical (unpaired) electrons. The molecule has 5 nitrogen and oxygen atoms in total. The number of carbonyl (C=O) groups is 1. The lowest BCUT2D eigenvalue weighted by molar-refractivity contribution is 0.252. The predicted octanol–water partition coefficient (Wildman–Crippen LogP) is 3.94. The van der Waals surface area contributed by atoms with Crippen LogP contribution in [0.4, 0.5) is 10.5 Å². The lowest BCUT2D eigenvalue weighted by Crippen LogP contribution is -2.24. The number of aryl methyl sites for hydroxylation is 1. The zero-order valence-corrected chi connectivity index (χ0v) is 13.3. The first-order chi connectivity index (χ1) is 11.7. The Labute approximate surface area is 140 Å². The quantitative estimate of drug-likeness (QED) is 0.555. The van der Waals surface area contributed by atoms with Crippen LogP contribution in [0.25, 0.3) is 5.69 Å². The summed E-state index contributed by atoms with van der Waals surface area (Å²) >= 11 is 0. The van der Waals surface area contributed by atoms with Gasteiger partial charge in [0.05, 0.1) is 11.9 Å². The summed E-state index contributed by atoms with van der Waals surface area (Å²) in [6, 6.07) is 21.0. The molecule has 5 heteroatoms. The third-order valence-electron chi connectivity index (χ3n) is 3.45. The van der Waals surface area contributed by atoms with Crippen LogP contribution in [-0.2, 0) is 0 Å². The van der Waals surface area contributed by atoms with Crippen LogP contribution in [0.3, 0.4) is 0 Å². The Hall–Kier alpha value is -3.34. The van der Waals surface area contributed by atoms with Crippen molar-refractivity contribution in [3.63, 3.8) is 0 Å². The number of urea groups is 1. The minimum absolute atomic E-state index is 0.380. The van der Waals surface area contributed by atoms with Gasteiger partial charge < -0.3 is 9.88 Å². The summed E-state index contributed by atoms with van der Waals surface area (Å²) < 4.78 is 1.99. The van der Waals surface area contributed by atoms with Gasteiger partial charge >= 0.3 is 6.03 Å². The zero-order chi connectivity index (χ0) is 16.8. The van der Waals surface area contributed by atoms with E-state index in [0.717, 1.165) is 22.6 Å². The third kappa shape index (κ3) is 3.89. The maximum atomic E-state index is 11.9. The van der Waals surface area contributed by atoms with Crippen LogP contribution < -0.4 is 10.7 Å². The molecular formula is C19H18N4O. The number of hydrogen-bond acceptors (Lipinski definition) is 2. The van der Waals surface area contributed by atoms with Gasteiger partial charge in [-0.05, 0) is 48.9 Å². The van der Waals surface area contributed by atoms with Gasteiger partial charge in [0.25, 0.3) is 0 Å². The Bertz CT molecular complexity index is 853. The summed E-state index contributed by atoms with van der Waals surface area (Å²) in [7, 11) is 0. The van der Waals surface area contributed by atoms with E-state index in [0.29, 0.717) is 0 Å². The zero-order valence-electron chi connectivity index (χ0n) is 13.3. The minimum atomic E-state index is -0.380. The second-order valence-corrected chi connectivity index (χ2v) is 5.33. The molecule has 2 aromatic carbocycles. The SMILES string of the molecule is Cc1cccc(NC(=O)N/N=C/c2cccn2-c2ccccc2)c1. The number of hydrazone groups is 1. The lowest BCUT2D eigenvalue weighted by Gasteiger charge is -2.06. The van der Waals surface area contributed by atoms with E-state index in [4.69, 9.17) is 0 Å². The second kappa shape index (κ2) is 7.28. The number of rotatable bonds is 4. The molecule has 1 aromatic heterocycles. The van der Waals surface area contributed by atoms with E-state index < -0.39 is 0 Å². The van der Waals surface area contributed by atoms with Crippen molar-refractivity contribution in [1.29, 1.82) is 0 Å². The Kier molecular flexibility index (Phi) is 4.72. The Morgan fingerprint density at radius 1 is 1.04 bits per heavy atom. The van der Waals surface area contributed by atoms with E-state index in [1.165, 1.54) is 0 Å². The van der Waals surface area contributed by atoms with Gasteiger partial charge in [0.15, 0.2) is 0 Å². The highest BCUT2D eigenvalue weighted by Crippen LogP contribution is 2.11. The number of carbonyl (C=O) groups excluding carboxylic acids is 1. The number of nitrogens with one attached hydrogen (secondary N) is 2. The summed E-state index contributed by atoms with van der Waals surface area (Å²) in [5.41, 5.74) is 6.19. The van der Waals surface area contributed by atoms with Gasteiger partial charge in [0.1, 0.15) is 0 Å². The third-order valence-corrected chi connectivity index (χ3v) is 3.45. The van der Waals surface area contributed by atoms with Crippen LogP contribution in [0.1, 0.15) is 11.3 Å². The molecule has 0 fully saturated rings. The van der Waals surface area contributed by atoms with Crippen molar-refractivity contribution in [2.75, 3.05) is 5.32 Å². The van der Waals surface area contributed by atoms with Crippen molar-refractivity contribution in [3.05, 3.63) is 84.2 Å². The second-order valence-electron chi connectivity index (χ2n) is 5.33. The molecule has 24 heavy (non-hydrogen) atoms. The average Bonchev–Trinajstić information content (AvgIpc) is 3.04. The van der Waals surface area contributed by atoms with Crippen molar-refractivity contribution in [3.8, 4) is 5.69 Å². The van der Waals surface area contributed by atoms with Gasteiger partial charge in [-0.2, -0.15) is 5.10 Å². The van der Waals surface area contributed by atoms with Gasteiger partial charge in [-0.15, -0.1) is 0 Å². The van der Waals surface area contributed by atoms with Gasteiger partial charge in [0, 0.05) is 17.6 Å². The first kappa shape index (κ1) is 15.6. The van der Waals surface area contributed by atoms with Crippen molar-refractivity contribution < 1.29 is 4.79 Å². The molecule has 0 saturated heterocycles. The molecule has 2 amide bonds. The van der Waals surface area contributed by atoms with Crippen molar-refractivity contribution in [2.24, 2.45) is 5.10 Å². The molecule has 0 spiro atoms. The van der Waals surface area contributed by atoms with Crippen LogP contribution in [0.2, 0.25) is 0 Å². The number of hydrogen-bond donors (Lipinski definition) is 2. The number of nitrogens with zero attached hydrogens (tertiary/aromatic N) is 2. The van der Waals surface area contributed by atoms with Crippen molar-refractivity contribution >= 4 is 17.9 Å². The van der Waals surface area contributed by atoms with E-state index in [1.54, 1.807) is 6.21 Å². The molecule has 120 valence electrons. The summed E-state index contributed by atoms with van der Waals surface area (Å²) in [4.78, 5) is 11.9. The normalized spacial score (nSPS) is 10.7. The highest BCUT2D eigenvalue weighted by atomic mass is 16.2.